The van der Waals surface area contributed by atoms with Crippen molar-refractivity contribution in [2.75, 3.05) is 0 Å². The molecule has 0 fully saturated rings. The maximum atomic E-state index is 12.2. The standard InChI is InChI=1S/C29H28N3S.C15H28O2.Ir/c1-18(2)12-21-16-33-27-11-10-24(32-28(21)27)26-15-25(30-17-31-26)20-13-19-8-6-7-9-22(19)23(14-20)29(3,4)5;1-7-14(5,8-2)12(16)11-13(17)15(6,9-3)10-4;/h6-11,14-18H,12H2,1-5H3;11,16H,7-10H2,1-6H3;/q-1;;/b;12-11-;. The molecule has 5 rings (SSSR count). The summed E-state index contributed by atoms with van der Waals surface area (Å²) >= 11 is 1.76. The Morgan fingerprint density at radius 3 is 2.10 bits per heavy atom. The second kappa shape index (κ2) is 17.5. The first kappa shape index (κ1) is 42.2. The Morgan fingerprint density at radius 2 is 1.49 bits per heavy atom. The van der Waals surface area contributed by atoms with Crippen LogP contribution >= 0.6 is 11.3 Å². The van der Waals surface area contributed by atoms with Gasteiger partial charge >= 0.3 is 0 Å². The van der Waals surface area contributed by atoms with Crippen molar-refractivity contribution in [3.8, 4) is 22.6 Å². The summed E-state index contributed by atoms with van der Waals surface area (Å²) < 4.78 is 1.22. The van der Waals surface area contributed by atoms with E-state index >= 15 is 0 Å². The van der Waals surface area contributed by atoms with Gasteiger partial charge in [-0.25, -0.2) is 9.97 Å². The van der Waals surface area contributed by atoms with Crippen LogP contribution in [0.25, 0.3) is 43.6 Å². The normalized spacial score (nSPS) is 12.5. The Bertz CT molecular complexity index is 1960. The average molecular weight is 883 g/mol. The van der Waals surface area contributed by atoms with Gasteiger partial charge in [0.15, 0.2) is 5.78 Å². The minimum Gasteiger partial charge on any atom is -0.512 e. The second-order valence-electron chi connectivity index (χ2n) is 15.5. The van der Waals surface area contributed by atoms with Crippen molar-refractivity contribution in [3.05, 3.63) is 89.3 Å². The van der Waals surface area contributed by atoms with Gasteiger partial charge in [0.05, 0.1) is 21.6 Å². The topological polar surface area (TPSA) is 76.0 Å². The van der Waals surface area contributed by atoms with Gasteiger partial charge in [-0.05, 0) is 72.6 Å². The fraction of sp³-hybridized carbons (Fsp3) is 0.455. The predicted molar refractivity (Wildman–Crippen MR) is 213 cm³/mol. The molecule has 0 bridgehead atoms. The van der Waals surface area contributed by atoms with Crippen LogP contribution in [0.3, 0.4) is 0 Å². The molecule has 1 radical (unpaired) electrons. The average Bonchev–Trinajstić information content (AvgIpc) is 3.51. The quantitative estimate of drug-likeness (QED) is 0.0812. The van der Waals surface area contributed by atoms with Crippen LogP contribution in [0.1, 0.15) is 113 Å². The molecule has 275 valence electrons. The molecule has 3 aromatic heterocycles. The Labute approximate surface area is 323 Å². The first-order valence-electron chi connectivity index (χ1n) is 18.2. The molecule has 0 aliphatic carbocycles. The molecule has 0 spiro atoms. The number of benzene rings is 2. The number of aliphatic hydroxyl groups is 1. The van der Waals surface area contributed by atoms with Crippen LogP contribution in [0.2, 0.25) is 0 Å². The molecule has 3 heterocycles. The zero-order valence-corrected chi connectivity index (χ0v) is 35.6. The molecule has 0 saturated heterocycles. The summed E-state index contributed by atoms with van der Waals surface area (Å²) in [6, 6.07) is 20.5. The number of ketones is 1. The molecular weight excluding hydrogens is 827 g/mol. The summed E-state index contributed by atoms with van der Waals surface area (Å²) in [6.45, 7) is 23.3. The Hall–Kier alpha value is -3.25. The SMILES string of the molecule is CC(C)Cc1csc2ccc(-c3cc(-c4[c-]c5ccccc5c(C(C)(C)C)c4)ncn3)nc12.CCC(C)(CC)C(=O)/C=C(\O)C(C)(CC)CC.[Ir]. The summed E-state index contributed by atoms with van der Waals surface area (Å²) in [4.78, 5) is 26.4. The van der Waals surface area contributed by atoms with Gasteiger partial charge in [0, 0.05) is 42.7 Å². The summed E-state index contributed by atoms with van der Waals surface area (Å²) in [7, 11) is 0. The number of hydrogen-bond acceptors (Lipinski definition) is 6. The molecular formula is C44H56IrN3O2S-. The number of aromatic nitrogens is 3. The number of nitrogens with zero attached hydrogens (tertiary/aromatic N) is 3. The largest absolute Gasteiger partial charge is 0.512 e. The molecule has 0 amide bonds. The molecule has 0 unspecified atom stereocenters. The molecule has 0 aliphatic heterocycles. The third kappa shape index (κ3) is 9.80. The van der Waals surface area contributed by atoms with Crippen molar-refractivity contribution in [2.24, 2.45) is 16.7 Å². The maximum Gasteiger partial charge on any atom is 0.164 e. The zero-order chi connectivity index (χ0) is 36.9. The van der Waals surface area contributed by atoms with Crippen LogP contribution in [0, 0.1) is 22.8 Å². The van der Waals surface area contributed by atoms with Gasteiger partial charge in [-0.2, -0.15) is 0 Å². The van der Waals surface area contributed by atoms with Crippen molar-refractivity contribution in [1.82, 2.24) is 15.0 Å². The summed E-state index contributed by atoms with van der Waals surface area (Å²) in [6.07, 6.45) is 7.43. The Kier molecular flexibility index (Phi) is 14.5. The van der Waals surface area contributed by atoms with Crippen LogP contribution in [-0.4, -0.2) is 25.8 Å². The minimum absolute atomic E-state index is 0. The minimum atomic E-state index is -0.337. The first-order chi connectivity index (χ1) is 23.6. The number of allylic oxidation sites excluding steroid dienone is 2. The van der Waals surface area contributed by atoms with E-state index in [1.165, 1.54) is 27.3 Å². The number of aliphatic hydroxyl groups excluding tert-OH is 1. The van der Waals surface area contributed by atoms with Gasteiger partial charge in [0.2, 0.25) is 0 Å². The van der Waals surface area contributed by atoms with Gasteiger partial charge in [-0.15, -0.1) is 40.5 Å². The molecule has 7 heteroatoms. The van der Waals surface area contributed by atoms with Gasteiger partial charge in [-0.3, -0.25) is 9.78 Å². The van der Waals surface area contributed by atoms with Crippen molar-refractivity contribution in [1.29, 1.82) is 0 Å². The van der Waals surface area contributed by atoms with E-state index in [0.717, 1.165) is 65.7 Å². The van der Waals surface area contributed by atoms with E-state index in [0.29, 0.717) is 5.92 Å². The molecule has 2 aromatic carbocycles. The smallest absolute Gasteiger partial charge is 0.164 e. The molecule has 0 aliphatic rings. The third-order valence-corrected chi connectivity index (χ3v) is 11.5. The van der Waals surface area contributed by atoms with Gasteiger partial charge < -0.3 is 5.11 Å². The van der Waals surface area contributed by atoms with E-state index in [9.17, 15) is 9.90 Å². The summed E-state index contributed by atoms with van der Waals surface area (Å²) in [5, 5.41) is 14.7. The molecule has 51 heavy (non-hydrogen) atoms. The van der Waals surface area contributed by atoms with E-state index in [-0.39, 0.29) is 47.9 Å². The summed E-state index contributed by atoms with van der Waals surface area (Å²) in [5.74, 6) is 0.883. The predicted octanol–water partition coefficient (Wildman–Crippen LogP) is 12.5. The van der Waals surface area contributed by atoms with Crippen LogP contribution in [0.4, 0.5) is 0 Å². The van der Waals surface area contributed by atoms with E-state index < -0.39 is 0 Å². The maximum absolute atomic E-state index is 12.2. The molecule has 1 N–H and O–H groups in total. The van der Waals surface area contributed by atoms with E-state index in [1.807, 2.05) is 47.6 Å². The van der Waals surface area contributed by atoms with E-state index in [4.69, 9.17) is 4.98 Å². The number of thiophene rings is 1. The fourth-order valence-corrected chi connectivity index (χ4v) is 6.92. The summed E-state index contributed by atoms with van der Waals surface area (Å²) in [5.41, 5.74) is 6.69. The number of fused-ring (bicyclic) bond motifs is 2. The number of rotatable bonds is 11. The number of hydrogen-bond donors (Lipinski definition) is 1. The molecule has 5 aromatic rings. The van der Waals surface area contributed by atoms with E-state index in [1.54, 1.807) is 17.7 Å². The van der Waals surface area contributed by atoms with Crippen LogP contribution in [0.15, 0.2) is 72.1 Å². The van der Waals surface area contributed by atoms with Crippen molar-refractivity contribution in [2.45, 2.75) is 114 Å². The van der Waals surface area contributed by atoms with E-state index in [2.05, 4.69) is 98.5 Å². The first-order valence-corrected chi connectivity index (χ1v) is 19.1. The van der Waals surface area contributed by atoms with Gasteiger partial charge in [-0.1, -0.05) is 105 Å². The molecule has 5 nitrogen and oxygen atoms in total. The number of pyridine rings is 1. The molecule has 0 saturated carbocycles. The van der Waals surface area contributed by atoms with Crippen molar-refractivity contribution < 1.29 is 30.0 Å². The Morgan fingerprint density at radius 1 is 0.863 bits per heavy atom. The van der Waals surface area contributed by atoms with Crippen LogP contribution in [-0.2, 0) is 36.7 Å². The monoisotopic (exact) mass is 883 g/mol. The van der Waals surface area contributed by atoms with Gasteiger partial charge in [0.1, 0.15) is 12.1 Å². The fourth-order valence-electron chi connectivity index (χ4n) is 6.01. The third-order valence-electron chi connectivity index (χ3n) is 10.5. The van der Waals surface area contributed by atoms with Crippen LogP contribution < -0.4 is 0 Å². The Balaban J connectivity index is 0.000000335. The van der Waals surface area contributed by atoms with Crippen LogP contribution in [0.5, 0.6) is 0 Å². The van der Waals surface area contributed by atoms with Crippen molar-refractivity contribution >= 4 is 38.1 Å². The molecule has 0 atom stereocenters. The number of carbonyl (C=O) groups is 1. The van der Waals surface area contributed by atoms with Gasteiger partial charge in [0.25, 0.3) is 0 Å². The number of carbonyl (C=O) groups excluding carboxylic acids is 1. The zero-order valence-electron chi connectivity index (χ0n) is 32.4. The second-order valence-corrected chi connectivity index (χ2v) is 16.4. The van der Waals surface area contributed by atoms with Crippen molar-refractivity contribution in [3.63, 3.8) is 0 Å².